The summed E-state index contributed by atoms with van der Waals surface area (Å²) in [5.41, 5.74) is 0. The quantitative estimate of drug-likeness (QED) is 0.290. The van der Waals surface area contributed by atoms with Crippen LogP contribution in [0.5, 0.6) is 5.75 Å². The van der Waals surface area contributed by atoms with Crippen molar-refractivity contribution in [1.82, 2.24) is 0 Å². The molecule has 0 amide bonds. The predicted octanol–water partition coefficient (Wildman–Crippen LogP) is 2.56. The van der Waals surface area contributed by atoms with Crippen LogP contribution in [0.15, 0.2) is 89.2 Å². The number of pyridine rings is 2. The minimum Gasteiger partial charge on any atom is -0.618 e. The summed E-state index contributed by atoms with van der Waals surface area (Å²) in [6, 6.07) is 18.8. The molecule has 3 rings (SSSR count). The Kier molecular flexibility index (Phi) is 5.87. The van der Waals surface area contributed by atoms with Crippen molar-refractivity contribution >= 4 is 23.5 Å². The van der Waals surface area contributed by atoms with E-state index in [1.165, 1.54) is 12.4 Å². The third kappa shape index (κ3) is 4.81. The first-order valence-electron chi connectivity index (χ1n) is 7.70. The van der Waals surface area contributed by atoms with E-state index in [1.807, 2.05) is 18.2 Å². The van der Waals surface area contributed by atoms with Gasteiger partial charge in [-0.2, -0.15) is 9.46 Å². The molecule has 0 saturated heterocycles. The summed E-state index contributed by atoms with van der Waals surface area (Å²) in [6.07, 6.45) is 2.70. The number of para-hydroxylation sites is 1. The summed E-state index contributed by atoms with van der Waals surface area (Å²) >= 11 is 1.86. The number of hydrogen-bond acceptors (Lipinski definition) is 6. The van der Waals surface area contributed by atoms with Gasteiger partial charge in [0.2, 0.25) is 4.27 Å². The lowest BCUT2D eigenvalue weighted by Gasteiger charge is -2.24. The van der Waals surface area contributed by atoms with Crippen molar-refractivity contribution in [3.63, 3.8) is 0 Å². The smallest absolute Gasteiger partial charge is 0.255 e. The maximum atomic E-state index is 12.0. The van der Waals surface area contributed by atoms with E-state index < -0.39 is 4.27 Å². The zero-order valence-corrected chi connectivity index (χ0v) is 15.2. The Morgan fingerprint density at radius 1 is 0.808 bits per heavy atom. The van der Waals surface area contributed by atoms with Gasteiger partial charge < -0.3 is 20.3 Å². The Morgan fingerprint density at radius 3 is 1.81 bits per heavy atom. The second-order valence-electron chi connectivity index (χ2n) is 5.25. The fourth-order valence-corrected chi connectivity index (χ4v) is 4.24. The molecule has 3 aromatic rings. The lowest BCUT2D eigenvalue weighted by Crippen LogP contribution is -2.36. The van der Waals surface area contributed by atoms with Crippen LogP contribution in [0, 0.1) is 10.4 Å². The van der Waals surface area contributed by atoms with E-state index in [4.69, 9.17) is 4.74 Å². The molecule has 0 aliphatic heterocycles. The monoisotopic (exact) mass is 388 g/mol. The summed E-state index contributed by atoms with van der Waals surface area (Å²) in [5.74, 6) is 0.582. The molecule has 0 aliphatic carbocycles. The molecule has 0 fully saturated rings. The number of benzene rings is 1. The maximum absolute atomic E-state index is 12.0. The highest BCUT2D eigenvalue weighted by atomic mass is 32.2. The van der Waals surface area contributed by atoms with E-state index in [9.17, 15) is 15.5 Å². The molecule has 0 unspecified atom stereocenters. The number of thioether (sulfide) groups is 2. The third-order valence-corrected chi connectivity index (χ3v) is 5.69. The number of aliphatic hydroxyl groups is 1. The first-order valence-corrected chi connectivity index (χ1v) is 9.34. The van der Waals surface area contributed by atoms with Gasteiger partial charge in [0, 0.05) is 24.3 Å². The number of rotatable bonds is 7. The summed E-state index contributed by atoms with van der Waals surface area (Å²) in [6.45, 7) is -0.129. The fourth-order valence-electron chi connectivity index (χ4n) is 2.08. The highest BCUT2D eigenvalue weighted by Crippen LogP contribution is 2.41. The molecule has 0 spiro atoms. The minimum atomic E-state index is -1.59. The van der Waals surface area contributed by atoms with E-state index in [1.54, 1.807) is 48.5 Å². The SMILES string of the molecule is [O-][n+]1ccccc1SC(O)(COc1ccccc1)Sc1cccc[n+]1[O-]. The van der Waals surface area contributed by atoms with Crippen LogP contribution in [-0.2, 0) is 0 Å². The molecule has 1 N–H and O–H groups in total. The van der Waals surface area contributed by atoms with Crippen LogP contribution in [0.3, 0.4) is 0 Å². The molecule has 6 nitrogen and oxygen atoms in total. The lowest BCUT2D eigenvalue weighted by molar-refractivity contribution is -0.646. The highest BCUT2D eigenvalue weighted by Gasteiger charge is 2.37. The molecular formula is C18H16N2O4S2. The van der Waals surface area contributed by atoms with Gasteiger partial charge in [0.1, 0.15) is 12.4 Å². The molecule has 2 aromatic heterocycles. The van der Waals surface area contributed by atoms with Gasteiger partial charge in [0.05, 0.1) is 0 Å². The second kappa shape index (κ2) is 8.31. The normalized spacial score (nSPS) is 11.3. The van der Waals surface area contributed by atoms with Crippen molar-refractivity contribution in [2.24, 2.45) is 0 Å². The second-order valence-corrected chi connectivity index (χ2v) is 8.10. The zero-order chi connectivity index (χ0) is 18.4. The number of aromatic nitrogens is 2. The molecule has 0 saturated carbocycles. The maximum Gasteiger partial charge on any atom is 0.255 e. The Balaban J connectivity index is 1.84. The molecule has 1 aromatic carbocycles. The van der Waals surface area contributed by atoms with Gasteiger partial charge in [-0.1, -0.05) is 18.2 Å². The molecule has 0 bridgehead atoms. The van der Waals surface area contributed by atoms with E-state index in [0.717, 1.165) is 23.5 Å². The van der Waals surface area contributed by atoms with Crippen LogP contribution < -0.4 is 14.2 Å². The molecule has 0 atom stereocenters. The van der Waals surface area contributed by atoms with Gasteiger partial charge in [-0.05, 0) is 47.8 Å². The van der Waals surface area contributed by atoms with E-state index >= 15 is 0 Å². The van der Waals surface area contributed by atoms with E-state index in [0.29, 0.717) is 25.3 Å². The Bertz CT molecular complexity index is 817. The van der Waals surface area contributed by atoms with Crippen LogP contribution in [0.2, 0.25) is 0 Å². The van der Waals surface area contributed by atoms with Crippen LogP contribution in [0.25, 0.3) is 0 Å². The summed E-state index contributed by atoms with van der Waals surface area (Å²) in [7, 11) is 0. The van der Waals surface area contributed by atoms with Crippen molar-refractivity contribution in [3.05, 3.63) is 89.5 Å². The first-order chi connectivity index (χ1) is 12.6. The van der Waals surface area contributed by atoms with Gasteiger partial charge in [0.25, 0.3) is 10.1 Å². The van der Waals surface area contributed by atoms with E-state index in [-0.39, 0.29) is 6.61 Å². The van der Waals surface area contributed by atoms with Gasteiger partial charge in [0.15, 0.2) is 12.4 Å². The standard InChI is InChI=1S/C18H16N2O4S2/c21-18(14-24-15-8-2-1-3-9-15,25-16-10-4-6-12-19(16)22)26-17-11-5-7-13-20(17)23/h1-13,21H,14H2. The van der Waals surface area contributed by atoms with Crippen LogP contribution in [0.4, 0.5) is 0 Å². The predicted molar refractivity (Wildman–Crippen MR) is 99.4 cm³/mol. The summed E-state index contributed by atoms with van der Waals surface area (Å²) < 4.78 is 5.42. The molecular weight excluding hydrogens is 372 g/mol. The fraction of sp³-hybridized carbons (Fsp3) is 0.111. The minimum absolute atomic E-state index is 0.129. The van der Waals surface area contributed by atoms with Gasteiger partial charge in [-0.3, -0.25) is 0 Å². The Hall–Kier alpha value is -2.42. The van der Waals surface area contributed by atoms with Gasteiger partial charge >= 0.3 is 0 Å². The molecule has 0 aliphatic rings. The van der Waals surface area contributed by atoms with Gasteiger partial charge in [-0.15, -0.1) is 0 Å². The van der Waals surface area contributed by atoms with Crippen LogP contribution >= 0.6 is 23.5 Å². The van der Waals surface area contributed by atoms with Gasteiger partial charge in [-0.25, -0.2) is 0 Å². The molecule has 134 valence electrons. The first kappa shape index (κ1) is 18.4. The highest BCUT2D eigenvalue weighted by molar-refractivity contribution is 8.17. The van der Waals surface area contributed by atoms with Crippen molar-refractivity contribution in [2.75, 3.05) is 6.61 Å². The van der Waals surface area contributed by atoms with E-state index in [2.05, 4.69) is 0 Å². The number of nitrogens with zero attached hydrogens (tertiary/aromatic N) is 2. The summed E-state index contributed by atoms with van der Waals surface area (Å²) in [5, 5.41) is 35.6. The average Bonchev–Trinajstić information content (AvgIpc) is 2.65. The van der Waals surface area contributed by atoms with Crippen molar-refractivity contribution in [2.45, 2.75) is 14.3 Å². The van der Waals surface area contributed by atoms with Crippen LogP contribution in [0.1, 0.15) is 0 Å². The topological polar surface area (TPSA) is 83.3 Å². The number of hydrogen-bond donors (Lipinski definition) is 1. The molecule has 8 heteroatoms. The summed E-state index contributed by atoms with van der Waals surface area (Å²) in [4.78, 5) is 0. The Labute approximate surface area is 159 Å². The zero-order valence-electron chi connectivity index (χ0n) is 13.6. The average molecular weight is 388 g/mol. The largest absolute Gasteiger partial charge is 0.618 e. The molecule has 2 heterocycles. The number of ether oxygens (including phenoxy) is 1. The lowest BCUT2D eigenvalue weighted by atomic mass is 10.3. The van der Waals surface area contributed by atoms with Crippen LogP contribution in [-0.4, -0.2) is 16.0 Å². The van der Waals surface area contributed by atoms with Crippen molar-refractivity contribution in [1.29, 1.82) is 0 Å². The van der Waals surface area contributed by atoms with Crippen molar-refractivity contribution < 1.29 is 19.3 Å². The van der Waals surface area contributed by atoms with Crippen molar-refractivity contribution in [3.8, 4) is 5.75 Å². The molecule has 0 radical (unpaired) electrons. The Morgan fingerprint density at radius 2 is 1.31 bits per heavy atom. The molecule has 26 heavy (non-hydrogen) atoms. The third-order valence-electron chi connectivity index (χ3n) is 3.27.